The van der Waals surface area contributed by atoms with Gasteiger partial charge in [0.15, 0.2) is 5.76 Å². The molecule has 1 aromatic rings. The summed E-state index contributed by atoms with van der Waals surface area (Å²) in [5.74, 6) is -1.66. The standard InChI is InChI=1S/C12H15NO5/c1-7-8(2)17-6-5-13(7)11(14)9-3-4-10(18-9)12(15)16/h3-4,7-8H,5-6H2,1-2H3,(H,15,16). The van der Waals surface area contributed by atoms with Crippen molar-refractivity contribution in [3.05, 3.63) is 23.7 Å². The van der Waals surface area contributed by atoms with Crippen molar-refractivity contribution in [2.75, 3.05) is 13.2 Å². The fourth-order valence-electron chi connectivity index (χ4n) is 1.93. The Balaban J connectivity index is 2.17. The van der Waals surface area contributed by atoms with Crippen LogP contribution in [0.5, 0.6) is 0 Å². The summed E-state index contributed by atoms with van der Waals surface area (Å²) in [4.78, 5) is 24.5. The van der Waals surface area contributed by atoms with Gasteiger partial charge in [-0.15, -0.1) is 0 Å². The Morgan fingerprint density at radius 1 is 1.33 bits per heavy atom. The maximum atomic E-state index is 12.2. The molecule has 2 atom stereocenters. The number of ether oxygens (including phenoxy) is 1. The van der Waals surface area contributed by atoms with Crippen LogP contribution in [0.25, 0.3) is 0 Å². The first-order valence-corrected chi connectivity index (χ1v) is 5.76. The summed E-state index contributed by atoms with van der Waals surface area (Å²) in [6.07, 6.45) is -0.0448. The summed E-state index contributed by atoms with van der Waals surface area (Å²) in [5.41, 5.74) is 0. The summed E-state index contributed by atoms with van der Waals surface area (Å²) in [6.45, 7) is 4.74. The minimum Gasteiger partial charge on any atom is -0.475 e. The Kier molecular flexibility index (Phi) is 3.38. The van der Waals surface area contributed by atoms with E-state index in [0.29, 0.717) is 13.2 Å². The number of carboxylic acid groups (broad SMARTS) is 1. The molecular weight excluding hydrogens is 238 g/mol. The molecule has 6 heteroatoms. The SMILES string of the molecule is CC1OCCN(C(=O)c2ccc(C(=O)O)o2)C1C. The number of furan rings is 1. The van der Waals surface area contributed by atoms with Crippen LogP contribution in [0.3, 0.4) is 0 Å². The van der Waals surface area contributed by atoms with E-state index in [2.05, 4.69) is 0 Å². The third-order valence-electron chi connectivity index (χ3n) is 3.17. The van der Waals surface area contributed by atoms with E-state index in [1.165, 1.54) is 12.1 Å². The first kappa shape index (κ1) is 12.6. The Hall–Kier alpha value is -1.82. The molecule has 1 aromatic heterocycles. The maximum absolute atomic E-state index is 12.2. The lowest BCUT2D eigenvalue weighted by Crippen LogP contribution is -2.51. The van der Waals surface area contributed by atoms with Crippen LogP contribution >= 0.6 is 0 Å². The third-order valence-corrected chi connectivity index (χ3v) is 3.17. The number of hydrogen-bond acceptors (Lipinski definition) is 4. The Morgan fingerprint density at radius 3 is 2.61 bits per heavy atom. The summed E-state index contributed by atoms with van der Waals surface area (Å²) in [5, 5.41) is 8.75. The van der Waals surface area contributed by atoms with Gasteiger partial charge in [0, 0.05) is 6.54 Å². The minimum atomic E-state index is -1.18. The highest BCUT2D eigenvalue weighted by Crippen LogP contribution is 2.18. The first-order chi connectivity index (χ1) is 8.50. The van der Waals surface area contributed by atoms with E-state index >= 15 is 0 Å². The first-order valence-electron chi connectivity index (χ1n) is 5.76. The van der Waals surface area contributed by atoms with Gasteiger partial charge < -0.3 is 19.2 Å². The molecule has 1 aliphatic rings. The smallest absolute Gasteiger partial charge is 0.371 e. The monoisotopic (exact) mass is 253 g/mol. The molecule has 6 nitrogen and oxygen atoms in total. The molecule has 0 aliphatic carbocycles. The van der Waals surface area contributed by atoms with Gasteiger partial charge in [-0.3, -0.25) is 4.79 Å². The molecule has 1 saturated heterocycles. The summed E-state index contributed by atoms with van der Waals surface area (Å²) < 4.78 is 10.4. The summed E-state index contributed by atoms with van der Waals surface area (Å²) >= 11 is 0. The second kappa shape index (κ2) is 4.81. The highest BCUT2D eigenvalue weighted by molar-refractivity contribution is 5.93. The zero-order valence-corrected chi connectivity index (χ0v) is 10.3. The number of carbonyl (C=O) groups excluding carboxylic acids is 1. The van der Waals surface area contributed by atoms with E-state index in [-0.39, 0.29) is 29.6 Å². The molecule has 2 heterocycles. The Labute approximate surface area is 104 Å². The van der Waals surface area contributed by atoms with Crippen molar-refractivity contribution in [2.45, 2.75) is 26.0 Å². The summed E-state index contributed by atoms with van der Waals surface area (Å²) in [7, 11) is 0. The van der Waals surface area contributed by atoms with Crippen LogP contribution in [-0.2, 0) is 4.74 Å². The van der Waals surface area contributed by atoms with Crippen molar-refractivity contribution < 1.29 is 23.8 Å². The lowest BCUT2D eigenvalue weighted by molar-refractivity contribution is -0.0449. The average molecular weight is 253 g/mol. The largest absolute Gasteiger partial charge is 0.475 e. The molecule has 1 fully saturated rings. The molecule has 1 amide bonds. The van der Waals surface area contributed by atoms with Crippen molar-refractivity contribution in [3.63, 3.8) is 0 Å². The van der Waals surface area contributed by atoms with Gasteiger partial charge in [-0.05, 0) is 26.0 Å². The normalized spacial score (nSPS) is 24.0. The lowest BCUT2D eigenvalue weighted by atomic mass is 10.1. The number of amides is 1. The maximum Gasteiger partial charge on any atom is 0.371 e. The molecular formula is C12H15NO5. The van der Waals surface area contributed by atoms with E-state index in [0.717, 1.165) is 0 Å². The molecule has 2 unspecified atom stereocenters. The summed E-state index contributed by atoms with van der Waals surface area (Å²) in [6, 6.07) is 2.60. The highest BCUT2D eigenvalue weighted by atomic mass is 16.5. The fraction of sp³-hybridized carbons (Fsp3) is 0.500. The third kappa shape index (κ3) is 2.24. The zero-order chi connectivity index (χ0) is 13.3. The molecule has 1 N–H and O–H groups in total. The average Bonchev–Trinajstić information content (AvgIpc) is 2.81. The molecule has 18 heavy (non-hydrogen) atoms. The second-order valence-corrected chi connectivity index (χ2v) is 4.28. The van der Waals surface area contributed by atoms with E-state index in [4.69, 9.17) is 14.3 Å². The lowest BCUT2D eigenvalue weighted by Gasteiger charge is -2.37. The fourth-order valence-corrected chi connectivity index (χ4v) is 1.93. The predicted molar refractivity (Wildman–Crippen MR) is 61.6 cm³/mol. The number of carboxylic acids is 1. The number of nitrogens with zero attached hydrogens (tertiary/aromatic N) is 1. The van der Waals surface area contributed by atoms with E-state index in [9.17, 15) is 9.59 Å². The predicted octanol–water partition coefficient (Wildman–Crippen LogP) is 1.23. The zero-order valence-electron chi connectivity index (χ0n) is 10.3. The van der Waals surface area contributed by atoms with Gasteiger partial charge in [0.1, 0.15) is 0 Å². The van der Waals surface area contributed by atoms with Crippen LogP contribution in [0.4, 0.5) is 0 Å². The molecule has 2 rings (SSSR count). The van der Waals surface area contributed by atoms with Crippen molar-refractivity contribution >= 4 is 11.9 Å². The molecule has 1 aliphatic heterocycles. The van der Waals surface area contributed by atoms with Crippen LogP contribution in [0.1, 0.15) is 35.0 Å². The number of aromatic carboxylic acids is 1. The Morgan fingerprint density at radius 2 is 2.00 bits per heavy atom. The molecule has 0 radical (unpaired) electrons. The van der Waals surface area contributed by atoms with Gasteiger partial charge >= 0.3 is 5.97 Å². The number of carbonyl (C=O) groups is 2. The van der Waals surface area contributed by atoms with Crippen molar-refractivity contribution in [2.24, 2.45) is 0 Å². The van der Waals surface area contributed by atoms with Gasteiger partial charge in [-0.1, -0.05) is 0 Å². The topological polar surface area (TPSA) is 80.0 Å². The van der Waals surface area contributed by atoms with E-state index in [1.54, 1.807) is 4.90 Å². The van der Waals surface area contributed by atoms with Crippen LogP contribution in [0, 0.1) is 0 Å². The quantitative estimate of drug-likeness (QED) is 0.857. The number of rotatable bonds is 2. The van der Waals surface area contributed by atoms with Crippen molar-refractivity contribution in [1.29, 1.82) is 0 Å². The number of morpholine rings is 1. The van der Waals surface area contributed by atoms with Gasteiger partial charge in [-0.25, -0.2) is 4.79 Å². The molecule has 0 aromatic carbocycles. The second-order valence-electron chi connectivity index (χ2n) is 4.28. The molecule has 0 spiro atoms. The molecule has 98 valence electrons. The van der Waals surface area contributed by atoms with E-state index < -0.39 is 5.97 Å². The van der Waals surface area contributed by atoms with Crippen LogP contribution < -0.4 is 0 Å². The van der Waals surface area contributed by atoms with Crippen molar-refractivity contribution in [1.82, 2.24) is 4.90 Å². The molecule has 0 saturated carbocycles. The van der Waals surface area contributed by atoms with Gasteiger partial charge in [-0.2, -0.15) is 0 Å². The number of hydrogen-bond donors (Lipinski definition) is 1. The van der Waals surface area contributed by atoms with Crippen LogP contribution in [0.15, 0.2) is 16.5 Å². The van der Waals surface area contributed by atoms with Gasteiger partial charge in [0.05, 0.1) is 18.8 Å². The molecule has 0 bridgehead atoms. The van der Waals surface area contributed by atoms with Crippen molar-refractivity contribution in [3.8, 4) is 0 Å². The van der Waals surface area contributed by atoms with E-state index in [1.807, 2.05) is 13.8 Å². The van der Waals surface area contributed by atoms with Crippen LogP contribution in [-0.4, -0.2) is 47.2 Å². The highest BCUT2D eigenvalue weighted by Gasteiger charge is 2.31. The minimum absolute atomic E-state index is 0.0448. The van der Waals surface area contributed by atoms with Gasteiger partial charge in [0.25, 0.3) is 5.91 Å². The van der Waals surface area contributed by atoms with Gasteiger partial charge in [0.2, 0.25) is 5.76 Å². The van der Waals surface area contributed by atoms with Crippen LogP contribution in [0.2, 0.25) is 0 Å². The Bertz CT molecular complexity index is 467.